The first-order chi connectivity index (χ1) is 8.97. The van der Waals surface area contributed by atoms with Gasteiger partial charge < -0.3 is 10.5 Å². The van der Waals surface area contributed by atoms with Gasteiger partial charge >= 0.3 is 0 Å². The highest BCUT2D eigenvalue weighted by Crippen LogP contribution is 2.36. The largest absolute Gasteiger partial charge is 0.437 e. The summed E-state index contributed by atoms with van der Waals surface area (Å²) in [6.45, 7) is 0. The molecule has 4 nitrogen and oxygen atoms in total. The van der Waals surface area contributed by atoms with E-state index in [4.69, 9.17) is 39.1 Å². The molecule has 1 heterocycles. The molecule has 98 valence electrons. The molecule has 1 aromatic carbocycles. The van der Waals surface area contributed by atoms with E-state index in [1.54, 1.807) is 30.3 Å². The van der Waals surface area contributed by atoms with Crippen molar-refractivity contribution in [1.82, 2.24) is 4.98 Å². The van der Waals surface area contributed by atoms with Crippen LogP contribution in [0, 0.1) is 5.41 Å². The zero-order chi connectivity index (χ0) is 14.0. The van der Waals surface area contributed by atoms with Gasteiger partial charge in [0.1, 0.15) is 17.3 Å². The van der Waals surface area contributed by atoms with Crippen molar-refractivity contribution in [3.63, 3.8) is 0 Å². The maximum absolute atomic E-state index is 7.32. The molecule has 0 spiro atoms. The van der Waals surface area contributed by atoms with Crippen molar-refractivity contribution in [2.45, 2.75) is 0 Å². The summed E-state index contributed by atoms with van der Waals surface area (Å²) in [5.41, 5.74) is 5.69. The van der Waals surface area contributed by atoms with Crippen molar-refractivity contribution in [3.8, 4) is 11.6 Å². The third kappa shape index (κ3) is 3.37. The quantitative estimate of drug-likeness (QED) is 0.488. The predicted molar refractivity (Wildman–Crippen MR) is 79.5 cm³/mol. The Hall–Kier alpha value is -1.30. The van der Waals surface area contributed by atoms with E-state index in [-0.39, 0.29) is 11.7 Å². The lowest BCUT2D eigenvalue weighted by molar-refractivity contribution is 0.463. The lowest BCUT2D eigenvalue weighted by Crippen LogP contribution is -2.13. The molecule has 0 aliphatic carbocycles. The van der Waals surface area contributed by atoms with Gasteiger partial charge in [0.15, 0.2) is 0 Å². The fraction of sp³-hybridized carbons (Fsp3) is 0. The maximum atomic E-state index is 7.32. The van der Waals surface area contributed by atoms with Crippen LogP contribution in [0.3, 0.4) is 0 Å². The molecule has 0 saturated heterocycles. The molecule has 0 atom stereocenters. The number of aromatic nitrogens is 1. The van der Waals surface area contributed by atoms with Crippen LogP contribution in [-0.4, -0.2) is 10.8 Å². The van der Waals surface area contributed by atoms with Crippen molar-refractivity contribution < 1.29 is 4.74 Å². The smallest absolute Gasteiger partial charge is 0.219 e. The van der Waals surface area contributed by atoms with E-state index < -0.39 is 0 Å². The Morgan fingerprint density at radius 3 is 2.68 bits per heavy atom. The zero-order valence-corrected chi connectivity index (χ0v) is 12.6. The lowest BCUT2D eigenvalue weighted by atomic mass is 10.3. The molecule has 0 amide bonds. The molecular formula is C12H8BrCl2N3O. The fourth-order valence-corrected chi connectivity index (χ4v) is 2.15. The van der Waals surface area contributed by atoms with Gasteiger partial charge in [-0.2, -0.15) is 0 Å². The number of nitrogens with one attached hydrogen (secondary N) is 1. The monoisotopic (exact) mass is 359 g/mol. The van der Waals surface area contributed by atoms with Gasteiger partial charge in [0.25, 0.3) is 0 Å². The number of rotatable bonds is 3. The summed E-state index contributed by atoms with van der Waals surface area (Å²) in [6.07, 6.45) is 0. The number of halogens is 3. The Labute approximate surface area is 128 Å². The van der Waals surface area contributed by atoms with E-state index in [1.807, 2.05) is 0 Å². The molecule has 1 aromatic heterocycles. The Bertz CT molecular complexity index is 649. The maximum Gasteiger partial charge on any atom is 0.219 e. The van der Waals surface area contributed by atoms with Crippen LogP contribution in [0.15, 0.2) is 34.8 Å². The Morgan fingerprint density at radius 1 is 1.26 bits per heavy atom. The average molecular weight is 361 g/mol. The Kier molecular flexibility index (Phi) is 4.29. The first-order valence-electron chi connectivity index (χ1n) is 5.11. The van der Waals surface area contributed by atoms with Crippen molar-refractivity contribution in [1.29, 1.82) is 5.41 Å². The van der Waals surface area contributed by atoms with E-state index in [1.165, 1.54) is 0 Å². The van der Waals surface area contributed by atoms with Crippen LogP contribution >= 0.6 is 39.1 Å². The topological polar surface area (TPSA) is 72.0 Å². The molecule has 0 aliphatic heterocycles. The molecule has 2 aromatic rings. The molecule has 0 bridgehead atoms. The molecule has 3 N–H and O–H groups in total. The summed E-state index contributed by atoms with van der Waals surface area (Å²) in [5, 5.41) is 8.19. The first-order valence-corrected chi connectivity index (χ1v) is 6.66. The number of nitrogens with zero attached hydrogens (tertiary/aromatic N) is 1. The highest BCUT2D eigenvalue weighted by atomic mass is 79.9. The number of benzene rings is 1. The molecule has 19 heavy (non-hydrogen) atoms. The predicted octanol–water partition coefficient (Wildman–Crippen LogP) is 4.23. The van der Waals surface area contributed by atoms with Gasteiger partial charge in [0.2, 0.25) is 5.88 Å². The second-order valence-electron chi connectivity index (χ2n) is 3.57. The van der Waals surface area contributed by atoms with Crippen LogP contribution < -0.4 is 10.5 Å². The third-order valence-electron chi connectivity index (χ3n) is 2.19. The van der Waals surface area contributed by atoms with Gasteiger partial charge in [0.05, 0.1) is 10.0 Å². The zero-order valence-electron chi connectivity index (χ0n) is 9.45. The number of hydrogen-bond acceptors (Lipinski definition) is 3. The highest BCUT2D eigenvalue weighted by molar-refractivity contribution is 9.10. The molecule has 0 radical (unpaired) electrons. The summed E-state index contributed by atoms with van der Waals surface area (Å²) in [5.74, 6) is 0.529. The van der Waals surface area contributed by atoms with Gasteiger partial charge in [-0.25, -0.2) is 4.98 Å². The lowest BCUT2D eigenvalue weighted by Gasteiger charge is -2.09. The minimum atomic E-state index is -0.134. The van der Waals surface area contributed by atoms with Crippen LogP contribution in [-0.2, 0) is 0 Å². The van der Waals surface area contributed by atoms with Gasteiger partial charge in [0, 0.05) is 16.6 Å². The van der Waals surface area contributed by atoms with Crippen LogP contribution in [0.4, 0.5) is 0 Å². The van der Waals surface area contributed by atoms with Crippen molar-refractivity contribution in [2.24, 2.45) is 5.73 Å². The molecule has 0 fully saturated rings. The van der Waals surface area contributed by atoms with E-state index >= 15 is 0 Å². The Morgan fingerprint density at radius 2 is 2.00 bits per heavy atom. The molecule has 0 aliphatic rings. The summed E-state index contributed by atoms with van der Waals surface area (Å²) in [4.78, 5) is 4.08. The van der Waals surface area contributed by atoms with E-state index in [2.05, 4.69) is 20.9 Å². The second kappa shape index (κ2) is 5.77. The van der Waals surface area contributed by atoms with Crippen LogP contribution in [0.1, 0.15) is 5.69 Å². The molecular weight excluding hydrogens is 353 g/mol. The summed E-state index contributed by atoms with van der Waals surface area (Å²) in [6, 6.07) is 8.15. The standard InChI is InChI=1S/C12H8BrCl2N3O/c13-6-4-8(15)10(5-7(6)14)19-11-3-1-2-9(18-11)12(16)17/h1-5H,(H3,16,17). The summed E-state index contributed by atoms with van der Waals surface area (Å²) < 4.78 is 6.21. The molecule has 0 saturated carbocycles. The van der Waals surface area contributed by atoms with E-state index in [0.717, 1.165) is 0 Å². The number of nitrogens with two attached hydrogens (primary N) is 1. The fourth-order valence-electron chi connectivity index (χ4n) is 1.32. The molecule has 2 rings (SSSR count). The molecule has 0 unspecified atom stereocenters. The van der Waals surface area contributed by atoms with Gasteiger partial charge in [-0.05, 0) is 28.1 Å². The van der Waals surface area contributed by atoms with E-state index in [9.17, 15) is 0 Å². The van der Waals surface area contributed by atoms with Crippen molar-refractivity contribution in [2.75, 3.05) is 0 Å². The van der Waals surface area contributed by atoms with Crippen molar-refractivity contribution in [3.05, 3.63) is 50.5 Å². The van der Waals surface area contributed by atoms with Crippen LogP contribution in [0.2, 0.25) is 10.0 Å². The van der Waals surface area contributed by atoms with Gasteiger partial charge in [-0.3, -0.25) is 5.41 Å². The van der Waals surface area contributed by atoms with Crippen LogP contribution in [0.5, 0.6) is 11.6 Å². The number of ether oxygens (including phenoxy) is 1. The highest BCUT2D eigenvalue weighted by Gasteiger charge is 2.09. The number of amidine groups is 1. The van der Waals surface area contributed by atoms with Crippen molar-refractivity contribution >= 4 is 45.0 Å². The Balaban J connectivity index is 2.33. The summed E-state index contributed by atoms with van der Waals surface area (Å²) in [7, 11) is 0. The average Bonchev–Trinajstić information content (AvgIpc) is 2.36. The van der Waals surface area contributed by atoms with Gasteiger partial charge in [-0.1, -0.05) is 29.3 Å². The molecule has 7 heteroatoms. The number of nitrogen functional groups attached to an aromatic ring is 1. The number of hydrogen-bond donors (Lipinski definition) is 2. The van der Waals surface area contributed by atoms with Crippen LogP contribution in [0.25, 0.3) is 0 Å². The second-order valence-corrected chi connectivity index (χ2v) is 5.24. The first kappa shape index (κ1) is 14.1. The third-order valence-corrected chi connectivity index (χ3v) is 3.68. The van der Waals surface area contributed by atoms with Gasteiger partial charge in [-0.15, -0.1) is 0 Å². The minimum Gasteiger partial charge on any atom is -0.437 e. The minimum absolute atomic E-state index is 0.134. The van der Waals surface area contributed by atoms with E-state index in [0.29, 0.717) is 26.0 Å². The summed E-state index contributed by atoms with van der Waals surface area (Å²) >= 11 is 15.3. The SMILES string of the molecule is N=C(N)c1cccc(Oc2cc(Cl)c(Br)cc2Cl)n1. The number of pyridine rings is 1. The normalized spacial score (nSPS) is 10.3.